The van der Waals surface area contributed by atoms with Gasteiger partial charge in [-0.05, 0) is 84.9 Å². The molecule has 2 heterocycles. The molecule has 0 spiro atoms. The molecule has 180 valence electrons. The fourth-order valence-corrected chi connectivity index (χ4v) is 8.88. The van der Waals surface area contributed by atoms with Crippen LogP contribution in [0.5, 0.6) is 0 Å². The molecule has 5 nitrogen and oxygen atoms in total. The van der Waals surface area contributed by atoms with Crippen LogP contribution in [0.1, 0.15) is 73.1 Å². The summed E-state index contributed by atoms with van der Waals surface area (Å²) in [6, 6.07) is 0. The van der Waals surface area contributed by atoms with Crippen LogP contribution in [0.25, 0.3) is 0 Å². The first-order valence-electron chi connectivity index (χ1n) is 12.8. The standard InChI is InChI=1S/C26H42O5Si/c1-15(27)28-24-23-18-9-8-17-16(19(18)14-22(29-23)30-24)12-13-26(5)20(17)10-11-21(26)31-32(6,7)25(2,3)4/h9,16-17,19-24H,8,10-14H2,1-7H3/t16-,17+,19+,20-,21-,22-,23-,24-,26-/m0/s1. The molecule has 2 saturated carbocycles. The third-order valence-electron chi connectivity index (χ3n) is 10.1. The van der Waals surface area contributed by atoms with E-state index in [1.807, 2.05) is 0 Å². The molecule has 2 aliphatic heterocycles. The molecule has 5 rings (SSSR count). The van der Waals surface area contributed by atoms with Crippen LogP contribution < -0.4 is 0 Å². The quantitative estimate of drug-likeness (QED) is 0.301. The average Bonchev–Trinajstić information content (AvgIpc) is 3.17. The summed E-state index contributed by atoms with van der Waals surface area (Å²) in [6.45, 7) is 15.8. The molecule has 0 amide bonds. The van der Waals surface area contributed by atoms with E-state index < -0.39 is 14.6 Å². The van der Waals surface area contributed by atoms with Crippen LogP contribution in [0, 0.1) is 29.1 Å². The second-order valence-electron chi connectivity index (χ2n) is 12.8. The van der Waals surface area contributed by atoms with Crippen LogP contribution in [0.4, 0.5) is 0 Å². The maximum atomic E-state index is 11.5. The normalized spacial score (nSPS) is 45.5. The molecular formula is C26H42O5Si. The van der Waals surface area contributed by atoms with Crippen molar-refractivity contribution in [3.8, 4) is 0 Å². The SMILES string of the molecule is CC(=O)O[C@H]1O[C@H]2C[C@H]3C(=CC[C@@H]4[C@@H]3CC[C@]3(C)[C@@H](O[Si](C)(C)C(C)(C)C)CC[C@@H]43)[C@@H]1O2. The molecule has 5 aliphatic rings. The molecular weight excluding hydrogens is 420 g/mol. The highest BCUT2D eigenvalue weighted by atomic mass is 28.4. The van der Waals surface area contributed by atoms with Crippen molar-refractivity contribution in [2.75, 3.05) is 0 Å². The number of carbonyl (C=O) groups is 1. The van der Waals surface area contributed by atoms with Crippen LogP contribution in [0.15, 0.2) is 11.6 Å². The lowest BCUT2D eigenvalue weighted by Crippen LogP contribution is -2.52. The van der Waals surface area contributed by atoms with Crippen molar-refractivity contribution in [2.45, 2.75) is 116 Å². The van der Waals surface area contributed by atoms with Crippen molar-refractivity contribution in [1.82, 2.24) is 0 Å². The van der Waals surface area contributed by atoms with E-state index in [4.69, 9.17) is 18.6 Å². The van der Waals surface area contributed by atoms with E-state index in [1.54, 1.807) is 0 Å². The molecule has 0 aromatic carbocycles. The van der Waals surface area contributed by atoms with Gasteiger partial charge in [0.1, 0.15) is 6.10 Å². The second kappa shape index (κ2) is 7.66. The van der Waals surface area contributed by atoms with Crippen molar-refractivity contribution < 1.29 is 23.4 Å². The van der Waals surface area contributed by atoms with Crippen molar-refractivity contribution in [1.29, 1.82) is 0 Å². The predicted molar refractivity (Wildman–Crippen MR) is 125 cm³/mol. The highest BCUT2D eigenvalue weighted by Crippen LogP contribution is 2.63. The van der Waals surface area contributed by atoms with Gasteiger partial charge in [0.05, 0.1) is 6.10 Å². The minimum atomic E-state index is -1.78. The van der Waals surface area contributed by atoms with Crippen molar-refractivity contribution in [3.63, 3.8) is 0 Å². The summed E-state index contributed by atoms with van der Waals surface area (Å²) in [4.78, 5) is 11.5. The second-order valence-corrected chi connectivity index (χ2v) is 17.6. The minimum Gasteiger partial charge on any atom is -0.433 e. The average molecular weight is 463 g/mol. The zero-order valence-corrected chi connectivity index (χ0v) is 22.0. The lowest BCUT2D eigenvalue weighted by atomic mass is 9.53. The largest absolute Gasteiger partial charge is 0.433 e. The molecule has 0 aromatic heterocycles. The predicted octanol–water partition coefficient (Wildman–Crippen LogP) is 5.80. The van der Waals surface area contributed by atoms with Crippen molar-refractivity contribution >= 4 is 14.3 Å². The molecule has 6 heteroatoms. The first-order valence-corrected chi connectivity index (χ1v) is 15.7. The summed E-state index contributed by atoms with van der Waals surface area (Å²) in [7, 11) is -1.78. The van der Waals surface area contributed by atoms with Gasteiger partial charge in [0.2, 0.25) is 6.29 Å². The van der Waals surface area contributed by atoms with Gasteiger partial charge in [-0.25, -0.2) is 0 Å². The molecule has 0 unspecified atom stereocenters. The van der Waals surface area contributed by atoms with Gasteiger partial charge in [0, 0.05) is 13.3 Å². The molecule has 3 aliphatic carbocycles. The Labute approximate surface area is 194 Å². The number of esters is 1. The summed E-state index contributed by atoms with van der Waals surface area (Å²) < 4.78 is 24.5. The Morgan fingerprint density at radius 3 is 2.59 bits per heavy atom. The highest BCUT2D eigenvalue weighted by Gasteiger charge is 2.60. The molecule has 2 bridgehead atoms. The fraction of sp³-hybridized carbons (Fsp3) is 0.885. The number of hydrogen-bond donors (Lipinski definition) is 0. The molecule has 4 fully saturated rings. The highest BCUT2D eigenvalue weighted by molar-refractivity contribution is 6.74. The van der Waals surface area contributed by atoms with E-state index in [0.29, 0.717) is 23.4 Å². The van der Waals surface area contributed by atoms with Crippen molar-refractivity contribution in [2.24, 2.45) is 29.1 Å². The summed E-state index contributed by atoms with van der Waals surface area (Å²) in [6.07, 6.45) is 8.83. The summed E-state index contributed by atoms with van der Waals surface area (Å²) in [5, 5.41) is 0.251. The zero-order valence-electron chi connectivity index (χ0n) is 21.0. The maximum Gasteiger partial charge on any atom is 0.305 e. The number of fused-ring (bicyclic) bond motifs is 8. The smallest absolute Gasteiger partial charge is 0.305 e. The number of carbonyl (C=O) groups excluding carboxylic acids is 1. The molecule has 2 saturated heterocycles. The number of rotatable bonds is 3. The lowest BCUT2D eigenvalue weighted by molar-refractivity contribution is -0.175. The van der Waals surface area contributed by atoms with Gasteiger partial charge in [0.15, 0.2) is 14.6 Å². The van der Waals surface area contributed by atoms with Crippen LogP contribution >= 0.6 is 0 Å². The third kappa shape index (κ3) is 3.55. The van der Waals surface area contributed by atoms with Crippen LogP contribution in [0.2, 0.25) is 18.1 Å². The Bertz CT molecular complexity index is 801. The minimum absolute atomic E-state index is 0.213. The number of ether oxygens (including phenoxy) is 3. The van der Waals surface area contributed by atoms with E-state index >= 15 is 0 Å². The van der Waals surface area contributed by atoms with E-state index in [2.05, 4.69) is 46.9 Å². The summed E-state index contributed by atoms with van der Waals surface area (Å²) in [5.41, 5.74) is 1.63. The summed E-state index contributed by atoms with van der Waals surface area (Å²) >= 11 is 0. The topological polar surface area (TPSA) is 54.0 Å². The molecule has 32 heavy (non-hydrogen) atoms. The van der Waals surface area contributed by atoms with E-state index in [-0.39, 0.29) is 23.4 Å². The molecule has 9 atom stereocenters. The van der Waals surface area contributed by atoms with Crippen molar-refractivity contribution in [3.05, 3.63) is 11.6 Å². The Hall–Kier alpha value is -0.693. The Morgan fingerprint density at radius 1 is 1.16 bits per heavy atom. The lowest BCUT2D eigenvalue weighted by Gasteiger charge is -2.54. The van der Waals surface area contributed by atoms with Gasteiger partial charge in [-0.15, -0.1) is 0 Å². The Balaban J connectivity index is 1.35. The zero-order chi connectivity index (χ0) is 23.1. The fourth-order valence-electron chi connectivity index (χ4n) is 7.43. The number of allylic oxidation sites excluding steroid dienone is 1. The first kappa shape index (κ1) is 23.1. The van der Waals surface area contributed by atoms with Gasteiger partial charge in [-0.1, -0.05) is 33.8 Å². The van der Waals surface area contributed by atoms with E-state index in [1.165, 1.54) is 38.2 Å². The summed E-state index contributed by atoms with van der Waals surface area (Å²) in [5.74, 6) is 2.35. The van der Waals surface area contributed by atoms with E-state index in [0.717, 1.165) is 24.7 Å². The van der Waals surface area contributed by atoms with Gasteiger partial charge >= 0.3 is 5.97 Å². The van der Waals surface area contributed by atoms with E-state index in [9.17, 15) is 4.79 Å². The Morgan fingerprint density at radius 2 is 1.91 bits per heavy atom. The third-order valence-corrected chi connectivity index (χ3v) is 14.6. The Kier molecular flexibility index (Phi) is 5.52. The van der Waals surface area contributed by atoms with Crippen LogP contribution in [0.3, 0.4) is 0 Å². The maximum absolute atomic E-state index is 11.5. The monoisotopic (exact) mass is 462 g/mol. The number of hydrogen-bond acceptors (Lipinski definition) is 5. The first-order chi connectivity index (χ1) is 14.9. The van der Waals surface area contributed by atoms with Gasteiger partial charge in [0.25, 0.3) is 0 Å². The van der Waals surface area contributed by atoms with Gasteiger partial charge < -0.3 is 18.6 Å². The van der Waals surface area contributed by atoms with Gasteiger partial charge in [-0.2, -0.15) is 0 Å². The molecule has 0 N–H and O–H groups in total. The molecule has 0 radical (unpaired) electrons. The van der Waals surface area contributed by atoms with Crippen LogP contribution in [-0.4, -0.2) is 39.1 Å². The van der Waals surface area contributed by atoms with Gasteiger partial charge in [-0.3, -0.25) is 4.79 Å². The molecule has 0 aromatic rings. The van der Waals surface area contributed by atoms with Crippen LogP contribution in [-0.2, 0) is 23.4 Å².